The van der Waals surface area contributed by atoms with Gasteiger partial charge in [0.25, 0.3) is 5.91 Å². The van der Waals surface area contributed by atoms with Gasteiger partial charge in [-0.05, 0) is 80.6 Å². The molecule has 2 saturated heterocycles. The molecule has 0 saturated carbocycles. The van der Waals surface area contributed by atoms with E-state index in [-0.39, 0.29) is 24.5 Å². The minimum atomic E-state index is -0.852. The normalized spacial score (nSPS) is 21.3. The van der Waals surface area contributed by atoms with Gasteiger partial charge in [0.15, 0.2) is 0 Å². The summed E-state index contributed by atoms with van der Waals surface area (Å²) in [5.41, 5.74) is 1.40. The molecule has 2 aromatic carbocycles. The van der Waals surface area contributed by atoms with Crippen molar-refractivity contribution in [3.8, 4) is 11.5 Å². The highest BCUT2D eigenvalue weighted by atomic mass is 16.5. The quantitative estimate of drug-likeness (QED) is 0.507. The number of urea groups is 1. The Morgan fingerprint density at radius 3 is 2.26 bits per heavy atom. The van der Waals surface area contributed by atoms with Crippen LogP contribution >= 0.6 is 0 Å². The maximum Gasteiger partial charge on any atom is 0.325 e. The number of hydrogen-bond donors (Lipinski definition) is 2. The maximum atomic E-state index is 13.3. The molecule has 3 amide bonds. The Balaban J connectivity index is 1.29. The second-order valence-electron chi connectivity index (χ2n) is 9.45. The Morgan fingerprint density at radius 1 is 1.00 bits per heavy atom. The lowest BCUT2D eigenvalue weighted by molar-refractivity contribution is -0.133. The van der Waals surface area contributed by atoms with Crippen LogP contribution in [0.4, 0.5) is 4.79 Å². The van der Waals surface area contributed by atoms with Crippen LogP contribution in [0.3, 0.4) is 0 Å². The molecule has 2 N–H and O–H groups in total. The maximum absolute atomic E-state index is 13.3. The SMILES string of the molecule is COc1ccc(CCN2C(=O)N[C@](C)(C3CCN(Cc4ccc(OCCO)cc4)CC3)C2=O)cc1. The Labute approximate surface area is 206 Å². The van der Waals surface area contributed by atoms with Crippen molar-refractivity contribution in [2.45, 2.75) is 38.3 Å². The first kappa shape index (κ1) is 25.0. The molecule has 0 unspecified atom stereocenters. The average Bonchev–Trinajstić information content (AvgIpc) is 3.11. The van der Waals surface area contributed by atoms with Gasteiger partial charge in [-0.15, -0.1) is 0 Å². The van der Waals surface area contributed by atoms with Gasteiger partial charge in [0.2, 0.25) is 0 Å². The first-order valence-corrected chi connectivity index (χ1v) is 12.2. The van der Waals surface area contributed by atoms with E-state index in [2.05, 4.69) is 10.2 Å². The fourth-order valence-corrected chi connectivity index (χ4v) is 5.01. The van der Waals surface area contributed by atoms with Crippen LogP contribution in [0.25, 0.3) is 0 Å². The molecule has 2 aliphatic rings. The fraction of sp³-hybridized carbons (Fsp3) is 0.481. The van der Waals surface area contributed by atoms with Crippen molar-refractivity contribution in [2.75, 3.05) is 40.0 Å². The van der Waals surface area contributed by atoms with E-state index in [4.69, 9.17) is 14.6 Å². The van der Waals surface area contributed by atoms with E-state index in [9.17, 15) is 9.59 Å². The third kappa shape index (κ3) is 5.77. The second-order valence-corrected chi connectivity index (χ2v) is 9.45. The van der Waals surface area contributed by atoms with Gasteiger partial charge >= 0.3 is 6.03 Å². The van der Waals surface area contributed by atoms with Crippen LogP contribution in [0.2, 0.25) is 0 Å². The second kappa shape index (κ2) is 11.1. The topological polar surface area (TPSA) is 91.3 Å². The number of aliphatic hydroxyl groups is 1. The molecule has 0 spiro atoms. The summed E-state index contributed by atoms with van der Waals surface area (Å²) >= 11 is 0. The molecule has 2 aliphatic heterocycles. The Bertz CT molecular complexity index is 1000. The van der Waals surface area contributed by atoms with Crippen molar-refractivity contribution in [3.63, 3.8) is 0 Å². The van der Waals surface area contributed by atoms with E-state index in [1.54, 1.807) is 7.11 Å². The highest BCUT2D eigenvalue weighted by Crippen LogP contribution is 2.34. The van der Waals surface area contributed by atoms with Crippen molar-refractivity contribution in [2.24, 2.45) is 5.92 Å². The van der Waals surface area contributed by atoms with E-state index in [0.29, 0.717) is 19.6 Å². The predicted molar refractivity (Wildman–Crippen MR) is 132 cm³/mol. The predicted octanol–water partition coefficient (Wildman–Crippen LogP) is 2.83. The molecule has 0 radical (unpaired) electrons. The van der Waals surface area contributed by atoms with Crippen LogP contribution in [0.15, 0.2) is 48.5 Å². The molecule has 0 aromatic heterocycles. The number of amides is 3. The van der Waals surface area contributed by atoms with E-state index >= 15 is 0 Å². The van der Waals surface area contributed by atoms with E-state index in [0.717, 1.165) is 49.5 Å². The summed E-state index contributed by atoms with van der Waals surface area (Å²) in [6.45, 7) is 5.11. The van der Waals surface area contributed by atoms with Gasteiger partial charge in [0.05, 0.1) is 13.7 Å². The molecule has 0 bridgehead atoms. The minimum Gasteiger partial charge on any atom is -0.497 e. The van der Waals surface area contributed by atoms with Gasteiger partial charge in [-0.1, -0.05) is 24.3 Å². The first-order valence-electron chi connectivity index (χ1n) is 12.2. The monoisotopic (exact) mass is 481 g/mol. The van der Waals surface area contributed by atoms with Crippen molar-refractivity contribution >= 4 is 11.9 Å². The van der Waals surface area contributed by atoms with Crippen LogP contribution in [0, 0.1) is 5.92 Å². The van der Waals surface area contributed by atoms with Crippen LogP contribution in [0.5, 0.6) is 11.5 Å². The highest BCUT2D eigenvalue weighted by molar-refractivity contribution is 6.07. The zero-order chi connectivity index (χ0) is 24.8. The number of ether oxygens (including phenoxy) is 2. The number of nitrogens with zero attached hydrogens (tertiary/aromatic N) is 2. The van der Waals surface area contributed by atoms with Gasteiger partial charge in [-0.3, -0.25) is 14.6 Å². The number of hydrogen-bond acceptors (Lipinski definition) is 6. The van der Waals surface area contributed by atoms with Gasteiger partial charge < -0.3 is 19.9 Å². The fourth-order valence-electron chi connectivity index (χ4n) is 5.01. The number of nitrogens with one attached hydrogen (secondary N) is 1. The van der Waals surface area contributed by atoms with Gasteiger partial charge in [-0.25, -0.2) is 4.79 Å². The summed E-state index contributed by atoms with van der Waals surface area (Å²) in [5.74, 6) is 1.52. The number of carbonyl (C=O) groups is 2. The third-order valence-electron chi connectivity index (χ3n) is 7.18. The van der Waals surface area contributed by atoms with Crippen LogP contribution in [-0.4, -0.2) is 72.3 Å². The van der Waals surface area contributed by atoms with E-state index in [1.807, 2.05) is 55.5 Å². The van der Waals surface area contributed by atoms with Crippen LogP contribution in [-0.2, 0) is 17.8 Å². The number of imide groups is 1. The largest absolute Gasteiger partial charge is 0.497 e. The molecule has 4 rings (SSSR count). The molecule has 2 aromatic rings. The summed E-state index contributed by atoms with van der Waals surface area (Å²) in [5, 5.41) is 11.9. The zero-order valence-corrected chi connectivity index (χ0v) is 20.5. The van der Waals surface area contributed by atoms with Crippen LogP contribution < -0.4 is 14.8 Å². The van der Waals surface area contributed by atoms with E-state index in [1.165, 1.54) is 10.5 Å². The van der Waals surface area contributed by atoms with Crippen molar-refractivity contribution in [3.05, 3.63) is 59.7 Å². The molecule has 1 atom stereocenters. The summed E-state index contributed by atoms with van der Waals surface area (Å²) in [7, 11) is 1.63. The summed E-state index contributed by atoms with van der Waals surface area (Å²) < 4.78 is 10.6. The highest BCUT2D eigenvalue weighted by Gasteiger charge is 2.52. The molecule has 188 valence electrons. The van der Waals surface area contributed by atoms with Crippen LogP contribution in [0.1, 0.15) is 30.9 Å². The third-order valence-corrected chi connectivity index (χ3v) is 7.18. The van der Waals surface area contributed by atoms with Crippen molar-refractivity contribution in [1.82, 2.24) is 15.1 Å². The number of rotatable bonds is 10. The summed E-state index contributed by atoms with van der Waals surface area (Å²) in [4.78, 5) is 29.8. The standard InChI is InChI=1S/C27H35N3O5/c1-27(25(32)30(26(33)28-27)16-11-20-3-7-23(34-2)8-4-20)22-12-14-29(15-13-22)19-21-5-9-24(10-6-21)35-18-17-31/h3-10,22,31H,11-19H2,1-2H3,(H,28,33)/t27-/m1/s1. The number of benzene rings is 2. The van der Waals surface area contributed by atoms with Gasteiger partial charge in [0, 0.05) is 13.1 Å². The number of aliphatic hydroxyl groups excluding tert-OH is 1. The summed E-state index contributed by atoms with van der Waals surface area (Å²) in [6.07, 6.45) is 2.32. The Kier molecular flexibility index (Phi) is 7.93. The number of likely N-dealkylation sites (tertiary alicyclic amines) is 1. The first-order chi connectivity index (χ1) is 16.9. The van der Waals surface area contributed by atoms with Crippen molar-refractivity contribution < 1.29 is 24.2 Å². The zero-order valence-electron chi connectivity index (χ0n) is 20.5. The lowest BCUT2D eigenvalue weighted by Crippen LogP contribution is -2.53. The number of carbonyl (C=O) groups excluding carboxylic acids is 2. The minimum absolute atomic E-state index is 0.000989. The lowest BCUT2D eigenvalue weighted by atomic mass is 9.79. The number of methoxy groups -OCH3 is 1. The average molecular weight is 482 g/mol. The Morgan fingerprint density at radius 2 is 1.63 bits per heavy atom. The lowest BCUT2D eigenvalue weighted by Gasteiger charge is -2.39. The Hall–Kier alpha value is -3.10. The molecule has 35 heavy (non-hydrogen) atoms. The molecular formula is C27H35N3O5. The summed E-state index contributed by atoms with van der Waals surface area (Å²) in [6, 6.07) is 15.3. The number of piperidine rings is 1. The molecule has 2 heterocycles. The van der Waals surface area contributed by atoms with Crippen molar-refractivity contribution in [1.29, 1.82) is 0 Å². The van der Waals surface area contributed by atoms with Gasteiger partial charge in [0.1, 0.15) is 23.6 Å². The molecule has 8 heteroatoms. The van der Waals surface area contributed by atoms with Gasteiger partial charge in [-0.2, -0.15) is 0 Å². The molecule has 2 fully saturated rings. The van der Waals surface area contributed by atoms with E-state index < -0.39 is 5.54 Å². The molecule has 8 nitrogen and oxygen atoms in total. The smallest absolute Gasteiger partial charge is 0.325 e. The molecule has 0 aliphatic carbocycles. The molecular weight excluding hydrogens is 446 g/mol.